The van der Waals surface area contributed by atoms with Crippen molar-refractivity contribution in [2.24, 2.45) is 0 Å². The summed E-state index contributed by atoms with van der Waals surface area (Å²) in [5.41, 5.74) is 2.01. The summed E-state index contributed by atoms with van der Waals surface area (Å²) < 4.78 is 4.72. The molecular weight excluding hydrogens is 330 g/mol. The number of nitrogens with zero attached hydrogens (tertiary/aromatic N) is 2. The fraction of sp³-hybridized carbons (Fsp3) is 0.300. The van der Waals surface area contributed by atoms with Gasteiger partial charge in [-0.05, 0) is 37.9 Å². The SMILES string of the molecule is COC(=O)c1cccc(NC(=O)N(CCN(C)C)Cc2ccccc2)c1. The van der Waals surface area contributed by atoms with E-state index in [1.54, 1.807) is 29.2 Å². The normalized spacial score (nSPS) is 10.5. The van der Waals surface area contributed by atoms with Gasteiger partial charge in [0.2, 0.25) is 0 Å². The van der Waals surface area contributed by atoms with E-state index in [4.69, 9.17) is 4.74 Å². The maximum Gasteiger partial charge on any atom is 0.337 e. The number of likely N-dealkylation sites (N-methyl/N-ethyl adjacent to an activating group) is 1. The highest BCUT2D eigenvalue weighted by molar-refractivity contribution is 5.93. The Kier molecular flexibility index (Phi) is 7.17. The molecule has 2 amide bonds. The molecule has 0 aliphatic carbocycles. The molecule has 0 fully saturated rings. The molecule has 138 valence electrons. The number of hydrogen-bond donors (Lipinski definition) is 1. The minimum atomic E-state index is -0.435. The molecule has 0 heterocycles. The van der Waals surface area contributed by atoms with Crippen molar-refractivity contribution < 1.29 is 14.3 Å². The minimum absolute atomic E-state index is 0.210. The summed E-state index contributed by atoms with van der Waals surface area (Å²) in [5, 5.41) is 2.87. The highest BCUT2D eigenvalue weighted by atomic mass is 16.5. The third-order valence-corrected chi connectivity index (χ3v) is 3.86. The molecule has 0 aliphatic rings. The maximum absolute atomic E-state index is 12.8. The Morgan fingerprint density at radius 2 is 1.73 bits per heavy atom. The monoisotopic (exact) mass is 355 g/mol. The zero-order valence-electron chi connectivity index (χ0n) is 15.4. The average molecular weight is 355 g/mol. The van der Waals surface area contributed by atoms with E-state index in [2.05, 4.69) is 5.32 Å². The second-order valence-corrected chi connectivity index (χ2v) is 6.21. The van der Waals surface area contributed by atoms with Crippen LogP contribution in [0.3, 0.4) is 0 Å². The van der Waals surface area contributed by atoms with E-state index in [0.29, 0.717) is 24.3 Å². The predicted molar refractivity (Wildman–Crippen MR) is 102 cm³/mol. The fourth-order valence-corrected chi connectivity index (χ4v) is 2.42. The standard InChI is InChI=1S/C20H25N3O3/c1-22(2)12-13-23(15-16-8-5-4-6-9-16)20(25)21-18-11-7-10-17(14-18)19(24)26-3/h4-11,14H,12-13,15H2,1-3H3,(H,21,25). The molecule has 0 bridgehead atoms. The largest absolute Gasteiger partial charge is 0.465 e. The Labute approximate surface area is 154 Å². The van der Waals surface area contributed by atoms with E-state index in [0.717, 1.165) is 12.1 Å². The number of rotatable bonds is 7. The minimum Gasteiger partial charge on any atom is -0.465 e. The van der Waals surface area contributed by atoms with Gasteiger partial charge in [-0.3, -0.25) is 0 Å². The number of urea groups is 1. The van der Waals surface area contributed by atoms with Crippen molar-refractivity contribution in [2.45, 2.75) is 6.54 Å². The van der Waals surface area contributed by atoms with Crippen molar-refractivity contribution in [2.75, 3.05) is 39.6 Å². The number of anilines is 1. The molecule has 1 N–H and O–H groups in total. The van der Waals surface area contributed by atoms with Gasteiger partial charge in [0.15, 0.2) is 0 Å². The van der Waals surface area contributed by atoms with Crippen LogP contribution < -0.4 is 5.32 Å². The molecule has 6 nitrogen and oxygen atoms in total. The van der Waals surface area contributed by atoms with Gasteiger partial charge in [0, 0.05) is 25.3 Å². The summed E-state index contributed by atoms with van der Waals surface area (Å²) in [5.74, 6) is -0.435. The smallest absolute Gasteiger partial charge is 0.337 e. The van der Waals surface area contributed by atoms with Gasteiger partial charge in [0.1, 0.15) is 0 Å². The quantitative estimate of drug-likeness (QED) is 0.776. The lowest BCUT2D eigenvalue weighted by Gasteiger charge is -2.25. The van der Waals surface area contributed by atoms with Gasteiger partial charge in [-0.2, -0.15) is 0 Å². The number of esters is 1. The zero-order valence-corrected chi connectivity index (χ0v) is 15.4. The molecule has 0 aliphatic heterocycles. The summed E-state index contributed by atoms with van der Waals surface area (Å²) in [7, 11) is 5.27. The van der Waals surface area contributed by atoms with Crippen molar-refractivity contribution in [1.29, 1.82) is 0 Å². The number of carbonyl (C=O) groups is 2. The molecule has 0 unspecified atom stereocenters. The molecular formula is C20H25N3O3. The molecule has 2 rings (SSSR count). The molecule has 0 aromatic heterocycles. The lowest BCUT2D eigenvalue weighted by atomic mass is 10.2. The molecule has 0 radical (unpaired) electrons. The highest BCUT2D eigenvalue weighted by Crippen LogP contribution is 2.13. The van der Waals surface area contributed by atoms with Crippen LogP contribution in [0.4, 0.5) is 10.5 Å². The summed E-state index contributed by atoms with van der Waals surface area (Å²) in [4.78, 5) is 28.2. The second kappa shape index (κ2) is 9.58. The van der Waals surface area contributed by atoms with E-state index in [1.807, 2.05) is 49.3 Å². The molecule has 0 spiro atoms. The molecule has 0 saturated heterocycles. The van der Waals surface area contributed by atoms with Crippen LogP contribution in [0.25, 0.3) is 0 Å². The molecule has 26 heavy (non-hydrogen) atoms. The first-order valence-corrected chi connectivity index (χ1v) is 8.42. The van der Waals surface area contributed by atoms with Gasteiger partial charge in [-0.15, -0.1) is 0 Å². The first-order chi connectivity index (χ1) is 12.5. The Balaban J connectivity index is 2.11. The lowest BCUT2D eigenvalue weighted by Crippen LogP contribution is -2.39. The van der Waals surface area contributed by atoms with E-state index in [9.17, 15) is 9.59 Å². The number of amides is 2. The Morgan fingerprint density at radius 3 is 2.38 bits per heavy atom. The molecule has 0 saturated carbocycles. The van der Waals surface area contributed by atoms with Crippen LogP contribution in [0, 0.1) is 0 Å². The molecule has 0 atom stereocenters. The first-order valence-electron chi connectivity index (χ1n) is 8.42. The van der Waals surface area contributed by atoms with Crippen LogP contribution >= 0.6 is 0 Å². The number of carbonyl (C=O) groups excluding carboxylic acids is 2. The van der Waals surface area contributed by atoms with Gasteiger partial charge in [-0.25, -0.2) is 9.59 Å². The molecule has 2 aromatic rings. The van der Waals surface area contributed by atoms with Crippen molar-refractivity contribution >= 4 is 17.7 Å². The predicted octanol–water partition coefficient (Wildman–Crippen LogP) is 3.07. The van der Waals surface area contributed by atoms with Crippen LogP contribution in [0.5, 0.6) is 0 Å². The van der Waals surface area contributed by atoms with Crippen molar-refractivity contribution in [3.05, 3.63) is 65.7 Å². The fourth-order valence-electron chi connectivity index (χ4n) is 2.42. The average Bonchev–Trinajstić information content (AvgIpc) is 2.65. The third-order valence-electron chi connectivity index (χ3n) is 3.86. The number of ether oxygens (including phenoxy) is 1. The van der Waals surface area contributed by atoms with Crippen LogP contribution in [-0.2, 0) is 11.3 Å². The Bertz CT molecular complexity index is 732. The van der Waals surface area contributed by atoms with Gasteiger partial charge < -0.3 is 19.9 Å². The third kappa shape index (κ3) is 5.89. The van der Waals surface area contributed by atoms with Crippen molar-refractivity contribution in [3.8, 4) is 0 Å². The van der Waals surface area contributed by atoms with E-state index < -0.39 is 5.97 Å². The van der Waals surface area contributed by atoms with Crippen molar-refractivity contribution in [3.63, 3.8) is 0 Å². The lowest BCUT2D eigenvalue weighted by molar-refractivity contribution is 0.0600. The van der Waals surface area contributed by atoms with Crippen LogP contribution in [0.1, 0.15) is 15.9 Å². The second-order valence-electron chi connectivity index (χ2n) is 6.21. The number of methoxy groups -OCH3 is 1. The number of benzene rings is 2. The van der Waals surface area contributed by atoms with Gasteiger partial charge >= 0.3 is 12.0 Å². The maximum atomic E-state index is 12.8. The van der Waals surface area contributed by atoms with Crippen LogP contribution in [0.2, 0.25) is 0 Å². The Hall–Kier alpha value is -2.86. The first kappa shape index (κ1) is 19.5. The summed E-state index contributed by atoms with van der Waals surface area (Å²) in [6, 6.07) is 16.4. The van der Waals surface area contributed by atoms with E-state index in [1.165, 1.54) is 7.11 Å². The van der Waals surface area contributed by atoms with Gasteiger partial charge in [-0.1, -0.05) is 36.4 Å². The zero-order chi connectivity index (χ0) is 18.9. The van der Waals surface area contributed by atoms with Crippen LogP contribution in [-0.4, -0.2) is 56.1 Å². The van der Waals surface area contributed by atoms with Crippen molar-refractivity contribution in [1.82, 2.24) is 9.80 Å². The summed E-state index contributed by atoms with van der Waals surface area (Å²) in [6.07, 6.45) is 0. The topological polar surface area (TPSA) is 61.9 Å². The van der Waals surface area contributed by atoms with Gasteiger partial charge in [0.05, 0.1) is 12.7 Å². The number of nitrogens with one attached hydrogen (secondary N) is 1. The van der Waals surface area contributed by atoms with E-state index in [-0.39, 0.29) is 6.03 Å². The van der Waals surface area contributed by atoms with Gasteiger partial charge in [0.25, 0.3) is 0 Å². The number of hydrogen-bond acceptors (Lipinski definition) is 4. The molecule has 2 aromatic carbocycles. The molecule has 6 heteroatoms. The summed E-state index contributed by atoms with van der Waals surface area (Å²) in [6.45, 7) is 1.85. The highest BCUT2D eigenvalue weighted by Gasteiger charge is 2.15. The van der Waals surface area contributed by atoms with E-state index >= 15 is 0 Å². The Morgan fingerprint density at radius 1 is 1.00 bits per heavy atom. The van der Waals surface area contributed by atoms with Crippen LogP contribution in [0.15, 0.2) is 54.6 Å². The summed E-state index contributed by atoms with van der Waals surface area (Å²) >= 11 is 0.